The fourth-order valence-electron chi connectivity index (χ4n) is 2.77. The van der Waals surface area contributed by atoms with Crippen LogP contribution in [0.3, 0.4) is 0 Å². The number of ether oxygens (including phenoxy) is 1. The van der Waals surface area contributed by atoms with E-state index in [4.69, 9.17) is 4.74 Å². The Balaban J connectivity index is 1.82. The van der Waals surface area contributed by atoms with Gasteiger partial charge >= 0.3 is 0 Å². The zero-order valence-corrected chi connectivity index (χ0v) is 15.4. The summed E-state index contributed by atoms with van der Waals surface area (Å²) in [5.41, 5.74) is 3.50. The van der Waals surface area contributed by atoms with Gasteiger partial charge in [-0.15, -0.1) is 0 Å². The van der Waals surface area contributed by atoms with Crippen LogP contribution in [-0.2, 0) is 6.54 Å². The highest BCUT2D eigenvalue weighted by Gasteiger charge is 2.10. The van der Waals surface area contributed by atoms with Crippen molar-refractivity contribution in [3.05, 3.63) is 59.9 Å². The third kappa shape index (κ3) is 4.03. The molecule has 136 valence electrons. The molecule has 1 amide bonds. The van der Waals surface area contributed by atoms with Crippen LogP contribution in [0.4, 0.5) is 0 Å². The quantitative estimate of drug-likeness (QED) is 0.709. The summed E-state index contributed by atoms with van der Waals surface area (Å²) in [6.45, 7) is 2.17. The van der Waals surface area contributed by atoms with Crippen molar-refractivity contribution >= 4 is 16.9 Å². The van der Waals surface area contributed by atoms with E-state index in [2.05, 4.69) is 25.8 Å². The standard InChI is InChI=1S/C20H24N4O2/c1-21-20(25)15-8-9-18-17(12-15)22-14-24(18)13-16-6-4-5-7-19(16)26-11-10-23(2)3/h4-9,12,14H,10-11,13H2,1-3H3,(H,21,25). The van der Waals surface area contributed by atoms with Crippen molar-refractivity contribution in [2.75, 3.05) is 34.3 Å². The lowest BCUT2D eigenvalue weighted by molar-refractivity contribution is 0.0963. The number of benzene rings is 2. The average Bonchev–Trinajstić information content (AvgIpc) is 3.04. The summed E-state index contributed by atoms with van der Waals surface area (Å²) in [6, 6.07) is 13.6. The maximum Gasteiger partial charge on any atom is 0.251 e. The molecule has 6 heteroatoms. The number of hydrogen-bond acceptors (Lipinski definition) is 4. The molecule has 0 aliphatic heterocycles. The van der Waals surface area contributed by atoms with Gasteiger partial charge in [-0.3, -0.25) is 4.79 Å². The number of carbonyl (C=O) groups is 1. The van der Waals surface area contributed by atoms with E-state index in [0.29, 0.717) is 18.7 Å². The molecule has 26 heavy (non-hydrogen) atoms. The second-order valence-corrected chi connectivity index (χ2v) is 6.41. The number of carbonyl (C=O) groups excluding carboxylic acids is 1. The highest BCUT2D eigenvalue weighted by atomic mass is 16.5. The molecule has 0 radical (unpaired) electrons. The van der Waals surface area contributed by atoms with Crippen LogP contribution in [-0.4, -0.2) is 54.7 Å². The van der Waals surface area contributed by atoms with Crippen molar-refractivity contribution in [1.82, 2.24) is 19.8 Å². The molecule has 0 atom stereocenters. The first-order valence-corrected chi connectivity index (χ1v) is 8.61. The van der Waals surface area contributed by atoms with E-state index in [9.17, 15) is 4.79 Å². The molecule has 1 heterocycles. The molecule has 1 N–H and O–H groups in total. The number of amides is 1. The van der Waals surface area contributed by atoms with Gasteiger partial charge in [0, 0.05) is 24.7 Å². The van der Waals surface area contributed by atoms with Gasteiger partial charge in [0.05, 0.1) is 23.9 Å². The number of nitrogens with zero attached hydrogens (tertiary/aromatic N) is 3. The summed E-state index contributed by atoms with van der Waals surface area (Å²) in [6.07, 6.45) is 1.80. The minimum absolute atomic E-state index is 0.110. The SMILES string of the molecule is CNC(=O)c1ccc2c(c1)ncn2Cc1ccccc1OCCN(C)C. The normalized spacial score (nSPS) is 11.1. The van der Waals surface area contributed by atoms with Gasteiger partial charge < -0.3 is 19.5 Å². The lowest BCUT2D eigenvalue weighted by Gasteiger charge is -2.14. The molecule has 2 aromatic carbocycles. The number of imidazole rings is 1. The Labute approximate surface area is 153 Å². The number of aromatic nitrogens is 2. The maximum absolute atomic E-state index is 11.8. The number of rotatable bonds is 7. The maximum atomic E-state index is 11.8. The number of para-hydroxylation sites is 1. The minimum atomic E-state index is -0.110. The van der Waals surface area contributed by atoms with Crippen molar-refractivity contribution in [3.63, 3.8) is 0 Å². The van der Waals surface area contributed by atoms with Gasteiger partial charge in [-0.05, 0) is 38.4 Å². The summed E-state index contributed by atoms with van der Waals surface area (Å²) >= 11 is 0. The van der Waals surface area contributed by atoms with Gasteiger partial charge in [0.1, 0.15) is 12.4 Å². The van der Waals surface area contributed by atoms with E-state index in [1.165, 1.54) is 0 Å². The molecule has 0 spiro atoms. The fraction of sp³-hybridized carbons (Fsp3) is 0.300. The van der Waals surface area contributed by atoms with Crippen LogP contribution >= 0.6 is 0 Å². The second-order valence-electron chi connectivity index (χ2n) is 6.41. The van der Waals surface area contributed by atoms with E-state index in [1.54, 1.807) is 13.4 Å². The molecule has 3 aromatic rings. The Morgan fingerprint density at radius 1 is 1.23 bits per heavy atom. The average molecular weight is 352 g/mol. The zero-order valence-electron chi connectivity index (χ0n) is 15.4. The van der Waals surface area contributed by atoms with Gasteiger partial charge in [-0.25, -0.2) is 4.98 Å². The van der Waals surface area contributed by atoms with E-state index in [0.717, 1.165) is 28.9 Å². The van der Waals surface area contributed by atoms with Crippen molar-refractivity contribution in [2.24, 2.45) is 0 Å². The molecule has 0 aliphatic carbocycles. The monoisotopic (exact) mass is 352 g/mol. The van der Waals surface area contributed by atoms with Crippen molar-refractivity contribution in [2.45, 2.75) is 6.54 Å². The highest BCUT2D eigenvalue weighted by molar-refractivity contribution is 5.97. The molecular weight excluding hydrogens is 328 g/mol. The van der Waals surface area contributed by atoms with Crippen molar-refractivity contribution in [1.29, 1.82) is 0 Å². The van der Waals surface area contributed by atoms with E-state index >= 15 is 0 Å². The number of fused-ring (bicyclic) bond motifs is 1. The summed E-state index contributed by atoms with van der Waals surface area (Å²) in [7, 11) is 5.68. The molecule has 0 bridgehead atoms. The smallest absolute Gasteiger partial charge is 0.251 e. The topological polar surface area (TPSA) is 59.4 Å². The lowest BCUT2D eigenvalue weighted by Crippen LogP contribution is -2.19. The van der Waals surface area contributed by atoms with Gasteiger partial charge in [0.15, 0.2) is 0 Å². The van der Waals surface area contributed by atoms with Gasteiger partial charge in [0.25, 0.3) is 5.91 Å². The van der Waals surface area contributed by atoms with Crippen molar-refractivity contribution < 1.29 is 9.53 Å². The Hall–Kier alpha value is -2.86. The predicted octanol–water partition coefficient (Wildman–Crippen LogP) is 2.38. The van der Waals surface area contributed by atoms with Crippen LogP contribution in [0.5, 0.6) is 5.75 Å². The second kappa shape index (κ2) is 8.01. The van der Waals surface area contributed by atoms with Crippen LogP contribution < -0.4 is 10.1 Å². The summed E-state index contributed by atoms with van der Waals surface area (Å²) < 4.78 is 8.01. The molecule has 0 fully saturated rings. The summed E-state index contributed by atoms with van der Waals surface area (Å²) in [4.78, 5) is 18.3. The van der Waals surface area contributed by atoms with Crippen LogP contribution in [0.1, 0.15) is 15.9 Å². The highest BCUT2D eigenvalue weighted by Crippen LogP contribution is 2.22. The molecule has 6 nitrogen and oxygen atoms in total. The fourth-order valence-corrected chi connectivity index (χ4v) is 2.77. The Morgan fingerprint density at radius 3 is 2.81 bits per heavy atom. The van der Waals surface area contributed by atoms with Gasteiger partial charge in [0.2, 0.25) is 0 Å². The number of hydrogen-bond donors (Lipinski definition) is 1. The molecule has 3 rings (SSSR count). The first-order chi connectivity index (χ1) is 12.6. The molecule has 1 aromatic heterocycles. The van der Waals surface area contributed by atoms with Crippen LogP contribution in [0.15, 0.2) is 48.8 Å². The largest absolute Gasteiger partial charge is 0.492 e. The first kappa shape index (κ1) is 17.9. The molecule has 0 aliphatic rings. The number of nitrogens with one attached hydrogen (secondary N) is 1. The van der Waals surface area contributed by atoms with Gasteiger partial charge in [-0.2, -0.15) is 0 Å². The molecule has 0 saturated heterocycles. The molecule has 0 saturated carbocycles. The van der Waals surface area contributed by atoms with Crippen LogP contribution in [0, 0.1) is 0 Å². The minimum Gasteiger partial charge on any atom is -0.492 e. The number of likely N-dealkylation sites (N-methyl/N-ethyl adjacent to an activating group) is 1. The summed E-state index contributed by atoms with van der Waals surface area (Å²) in [5.74, 6) is 0.777. The third-order valence-corrected chi connectivity index (χ3v) is 4.22. The molecule has 0 unspecified atom stereocenters. The van der Waals surface area contributed by atoms with Crippen LogP contribution in [0.25, 0.3) is 11.0 Å². The van der Waals surface area contributed by atoms with Gasteiger partial charge in [-0.1, -0.05) is 18.2 Å². The Bertz CT molecular complexity index is 902. The van der Waals surface area contributed by atoms with E-state index in [-0.39, 0.29) is 5.91 Å². The van der Waals surface area contributed by atoms with Crippen LogP contribution in [0.2, 0.25) is 0 Å². The first-order valence-electron chi connectivity index (χ1n) is 8.61. The predicted molar refractivity (Wildman–Crippen MR) is 103 cm³/mol. The molecular formula is C20H24N4O2. The van der Waals surface area contributed by atoms with E-state index < -0.39 is 0 Å². The third-order valence-electron chi connectivity index (χ3n) is 4.22. The lowest BCUT2D eigenvalue weighted by atomic mass is 10.1. The summed E-state index contributed by atoms with van der Waals surface area (Å²) in [5, 5.41) is 2.63. The Morgan fingerprint density at radius 2 is 2.04 bits per heavy atom. The van der Waals surface area contributed by atoms with E-state index in [1.807, 2.05) is 50.5 Å². The Kier molecular flexibility index (Phi) is 5.53. The zero-order chi connectivity index (χ0) is 18.5. The van der Waals surface area contributed by atoms with Crippen molar-refractivity contribution in [3.8, 4) is 5.75 Å².